The highest BCUT2D eigenvalue weighted by atomic mass is 16.5. The van der Waals surface area contributed by atoms with Gasteiger partial charge in [-0.1, -0.05) is 48.3 Å². The van der Waals surface area contributed by atoms with E-state index < -0.39 is 0 Å². The fraction of sp³-hybridized carbons (Fsp3) is 0.500. The van der Waals surface area contributed by atoms with Crippen LogP contribution in [0.25, 0.3) is 0 Å². The van der Waals surface area contributed by atoms with Crippen molar-refractivity contribution in [2.75, 3.05) is 7.11 Å². The van der Waals surface area contributed by atoms with Crippen LogP contribution >= 0.6 is 0 Å². The molecule has 1 N–H and O–H groups in total. The van der Waals surface area contributed by atoms with E-state index in [-0.39, 0.29) is 18.1 Å². The highest BCUT2D eigenvalue weighted by molar-refractivity contribution is 5.22. The lowest BCUT2D eigenvalue weighted by Gasteiger charge is -2.24. The van der Waals surface area contributed by atoms with Gasteiger partial charge >= 0.3 is 0 Å². The number of hydrogen-bond acceptors (Lipinski definition) is 5. The number of aliphatic hydroxyl groups excluding tert-OH is 1. The van der Waals surface area contributed by atoms with Crippen molar-refractivity contribution in [3.05, 3.63) is 47.6 Å². The van der Waals surface area contributed by atoms with Gasteiger partial charge in [0.05, 0.1) is 12.0 Å². The number of nitrogens with zero attached hydrogens (tertiary/aromatic N) is 2. The lowest BCUT2D eigenvalue weighted by atomic mass is 9.86. The van der Waals surface area contributed by atoms with Crippen molar-refractivity contribution < 1.29 is 14.4 Å². The minimum absolute atomic E-state index is 0.0479. The highest BCUT2D eigenvalue weighted by Gasteiger charge is 2.30. The first-order valence-corrected chi connectivity index (χ1v) is 7.39. The Morgan fingerprint density at radius 3 is 2.71 bits per heavy atom. The number of benzene rings is 1. The summed E-state index contributed by atoms with van der Waals surface area (Å²) in [5, 5.41) is 14.1. The smallest absolute Gasteiger partial charge is 0.232 e. The van der Waals surface area contributed by atoms with Gasteiger partial charge < -0.3 is 14.4 Å². The predicted octanol–water partition coefficient (Wildman–Crippen LogP) is 2.82. The van der Waals surface area contributed by atoms with Crippen molar-refractivity contribution in [3.8, 4) is 0 Å². The van der Waals surface area contributed by atoms with Gasteiger partial charge in [0.15, 0.2) is 0 Å². The van der Waals surface area contributed by atoms with E-state index in [1.165, 1.54) is 0 Å². The van der Waals surface area contributed by atoms with E-state index in [0.29, 0.717) is 11.7 Å². The summed E-state index contributed by atoms with van der Waals surface area (Å²) in [6.45, 7) is 0. The van der Waals surface area contributed by atoms with E-state index in [4.69, 9.17) is 9.26 Å². The summed E-state index contributed by atoms with van der Waals surface area (Å²) in [4.78, 5) is 4.47. The van der Waals surface area contributed by atoms with Gasteiger partial charge in [-0.2, -0.15) is 4.98 Å². The molecule has 21 heavy (non-hydrogen) atoms. The van der Waals surface area contributed by atoms with E-state index in [1.807, 2.05) is 30.3 Å². The van der Waals surface area contributed by atoms with Crippen molar-refractivity contribution in [2.24, 2.45) is 0 Å². The summed E-state index contributed by atoms with van der Waals surface area (Å²) in [5.41, 5.74) is 0.983. The molecule has 1 saturated carbocycles. The Bertz CT molecular complexity index is 570. The molecule has 1 aromatic carbocycles. The van der Waals surface area contributed by atoms with Gasteiger partial charge in [-0.05, 0) is 18.4 Å². The largest absolute Gasteiger partial charge is 0.392 e. The van der Waals surface area contributed by atoms with Crippen LogP contribution in [0.15, 0.2) is 34.9 Å². The van der Waals surface area contributed by atoms with Crippen molar-refractivity contribution in [3.63, 3.8) is 0 Å². The third-order valence-electron chi connectivity index (χ3n) is 4.08. The molecule has 5 heteroatoms. The van der Waals surface area contributed by atoms with Gasteiger partial charge in [0.25, 0.3) is 0 Å². The molecule has 1 aliphatic carbocycles. The van der Waals surface area contributed by atoms with Crippen LogP contribution in [0.2, 0.25) is 0 Å². The summed E-state index contributed by atoms with van der Waals surface area (Å²) in [6, 6.07) is 9.80. The van der Waals surface area contributed by atoms with Crippen LogP contribution in [0.1, 0.15) is 55.0 Å². The molecule has 0 radical (unpaired) electrons. The van der Waals surface area contributed by atoms with Gasteiger partial charge in [-0.15, -0.1) is 0 Å². The van der Waals surface area contributed by atoms with E-state index >= 15 is 0 Å². The molecule has 3 unspecified atom stereocenters. The first-order valence-electron chi connectivity index (χ1n) is 7.39. The molecule has 0 saturated heterocycles. The van der Waals surface area contributed by atoms with Crippen molar-refractivity contribution in [1.29, 1.82) is 0 Å². The average Bonchev–Trinajstić information content (AvgIpc) is 2.99. The Kier molecular flexibility index (Phi) is 4.31. The molecular formula is C16H20N2O3. The third-order valence-corrected chi connectivity index (χ3v) is 4.08. The fourth-order valence-corrected chi connectivity index (χ4v) is 2.92. The van der Waals surface area contributed by atoms with Crippen LogP contribution in [0, 0.1) is 0 Å². The number of ether oxygens (including phenoxy) is 1. The Hall–Kier alpha value is -1.72. The minimum atomic E-state index is -0.384. The van der Waals surface area contributed by atoms with Crippen LogP contribution in [0.3, 0.4) is 0 Å². The topological polar surface area (TPSA) is 68.4 Å². The maximum absolute atomic E-state index is 10.1. The fourth-order valence-electron chi connectivity index (χ4n) is 2.92. The number of aliphatic hydroxyl groups is 1. The molecule has 0 spiro atoms. The monoisotopic (exact) mass is 288 g/mol. The van der Waals surface area contributed by atoms with E-state index in [0.717, 1.165) is 31.2 Å². The van der Waals surface area contributed by atoms with Crippen LogP contribution in [0.4, 0.5) is 0 Å². The molecule has 1 aromatic heterocycles. The average molecular weight is 288 g/mol. The second-order valence-corrected chi connectivity index (χ2v) is 5.48. The molecule has 1 heterocycles. The van der Waals surface area contributed by atoms with Crippen molar-refractivity contribution in [2.45, 2.75) is 43.8 Å². The van der Waals surface area contributed by atoms with Crippen LogP contribution in [0.5, 0.6) is 0 Å². The zero-order valence-electron chi connectivity index (χ0n) is 12.1. The zero-order valence-corrected chi connectivity index (χ0v) is 12.1. The Balaban J connectivity index is 1.83. The number of aromatic nitrogens is 2. The summed E-state index contributed by atoms with van der Waals surface area (Å²) in [6.07, 6.45) is 3.12. The zero-order chi connectivity index (χ0) is 14.7. The van der Waals surface area contributed by atoms with E-state index in [1.54, 1.807) is 7.11 Å². The third kappa shape index (κ3) is 2.99. The number of hydrogen-bond donors (Lipinski definition) is 1. The molecule has 5 nitrogen and oxygen atoms in total. The van der Waals surface area contributed by atoms with Gasteiger partial charge in [0, 0.05) is 7.11 Å². The maximum atomic E-state index is 10.1. The molecule has 0 amide bonds. The predicted molar refractivity (Wildman–Crippen MR) is 76.8 cm³/mol. The molecule has 0 aliphatic heterocycles. The van der Waals surface area contributed by atoms with Gasteiger partial charge in [0.1, 0.15) is 6.10 Å². The SMILES string of the molecule is COC(c1ccccc1)c1noc(C2CCCCC2O)n1. The van der Waals surface area contributed by atoms with Crippen molar-refractivity contribution in [1.82, 2.24) is 10.1 Å². The quantitative estimate of drug-likeness (QED) is 0.937. The Labute approximate surface area is 123 Å². The van der Waals surface area contributed by atoms with Crippen LogP contribution < -0.4 is 0 Å². The molecule has 2 aromatic rings. The van der Waals surface area contributed by atoms with Crippen molar-refractivity contribution >= 4 is 0 Å². The van der Waals surface area contributed by atoms with Gasteiger partial charge in [0.2, 0.25) is 11.7 Å². The maximum Gasteiger partial charge on any atom is 0.232 e. The molecule has 1 fully saturated rings. The molecule has 3 atom stereocenters. The number of rotatable bonds is 4. The normalized spacial score (nSPS) is 23.9. The highest BCUT2D eigenvalue weighted by Crippen LogP contribution is 2.33. The first-order chi connectivity index (χ1) is 10.3. The standard InChI is InChI=1S/C16H20N2O3/c1-20-14(11-7-3-2-4-8-11)15-17-16(21-18-15)12-9-5-6-10-13(12)19/h2-4,7-8,12-14,19H,5-6,9-10H2,1H3. The summed E-state index contributed by atoms with van der Waals surface area (Å²) >= 11 is 0. The molecule has 0 bridgehead atoms. The van der Waals surface area contributed by atoms with E-state index in [2.05, 4.69) is 10.1 Å². The molecule has 3 rings (SSSR count). The minimum Gasteiger partial charge on any atom is -0.392 e. The lowest BCUT2D eigenvalue weighted by molar-refractivity contribution is 0.0907. The first kappa shape index (κ1) is 14.2. The van der Waals surface area contributed by atoms with Crippen LogP contribution in [-0.2, 0) is 4.74 Å². The second kappa shape index (κ2) is 6.37. The van der Waals surface area contributed by atoms with Gasteiger partial charge in [-0.25, -0.2) is 0 Å². The summed E-state index contributed by atoms with van der Waals surface area (Å²) < 4.78 is 10.9. The summed E-state index contributed by atoms with van der Waals surface area (Å²) in [7, 11) is 1.63. The Morgan fingerprint density at radius 1 is 1.24 bits per heavy atom. The van der Waals surface area contributed by atoms with Crippen LogP contribution in [-0.4, -0.2) is 28.5 Å². The molecule has 112 valence electrons. The van der Waals surface area contributed by atoms with Gasteiger partial charge in [-0.3, -0.25) is 0 Å². The lowest BCUT2D eigenvalue weighted by Crippen LogP contribution is -2.22. The summed E-state index contributed by atoms with van der Waals surface area (Å²) in [5.74, 6) is 0.986. The Morgan fingerprint density at radius 2 is 2.00 bits per heavy atom. The molecular weight excluding hydrogens is 268 g/mol. The van der Waals surface area contributed by atoms with E-state index in [9.17, 15) is 5.11 Å². The number of methoxy groups -OCH3 is 1. The molecule has 1 aliphatic rings. The second-order valence-electron chi connectivity index (χ2n) is 5.48.